The Kier molecular flexibility index (Phi) is 6.54. The summed E-state index contributed by atoms with van der Waals surface area (Å²) in [4.78, 5) is 13.7. The third kappa shape index (κ3) is 4.15. The van der Waals surface area contributed by atoms with E-state index in [-0.39, 0.29) is 6.04 Å². The largest absolute Gasteiger partial charge is 0.480 e. The number of hydrogen-bond acceptors (Lipinski definition) is 2. The number of aliphatic carboxylic acids is 1. The van der Waals surface area contributed by atoms with E-state index in [1.54, 1.807) is 6.07 Å². The van der Waals surface area contributed by atoms with Crippen molar-refractivity contribution in [3.63, 3.8) is 0 Å². The summed E-state index contributed by atoms with van der Waals surface area (Å²) in [6.07, 6.45) is 5.77. The van der Waals surface area contributed by atoms with Crippen molar-refractivity contribution in [3.05, 3.63) is 33.8 Å². The molecule has 5 heteroatoms. The molecule has 2 rings (SSSR count). The molecule has 0 aliphatic carbocycles. The second-order valence-corrected chi connectivity index (χ2v) is 6.76. The van der Waals surface area contributed by atoms with E-state index >= 15 is 0 Å². The first-order chi connectivity index (χ1) is 10.5. The van der Waals surface area contributed by atoms with Crippen molar-refractivity contribution in [2.24, 2.45) is 0 Å². The minimum absolute atomic E-state index is 0.0473. The maximum atomic E-state index is 11.6. The molecule has 0 bridgehead atoms. The molecule has 1 N–H and O–H groups in total. The van der Waals surface area contributed by atoms with Gasteiger partial charge in [0.15, 0.2) is 0 Å². The smallest absolute Gasteiger partial charge is 0.320 e. The number of hydrogen-bond donors (Lipinski definition) is 1. The molecule has 22 heavy (non-hydrogen) atoms. The van der Waals surface area contributed by atoms with Crippen molar-refractivity contribution in [2.45, 2.75) is 57.5 Å². The second-order valence-electron chi connectivity index (χ2n) is 5.91. The first kappa shape index (κ1) is 17.6. The maximum absolute atomic E-state index is 11.6. The fourth-order valence-corrected chi connectivity index (χ4v) is 3.80. The molecular formula is C17H23Cl2NO2. The predicted molar refractivity (Wildman–Crippen MR) is 90.7 cm³/mol. The zero-order chi connectivity index (χ0) is 16.1. The van der Waals surface area contributed by atoms with Crippen LogP contribution in [0, 0.1) is 0 Å². The first-order valence-corrected chi connectivity index (χ1v) is 8.73. The number of nitrogens with zero attached hydrogens (tertiary/aromatic N) is 1. The molecule has 0 saturated carbocycles. The zero-order valence-corrected chi connectivity index (χ0v) is 14.4. The summed E-state index contributed by atoms with van der Waals surface area (Å²) < 4.78 is 0. The van der Waals surface area contributed by atoms with Gasteiger partial charge in [0.25, 0.3) is 0 Å². The number of unbranched alkanes of at least 4 members (excludes halogenated alkanes) is 1. The monoisotopic (exact) mass is 343 g/mol. The molecule has 1 aliphatic rings. The molecule has 0 aromatic heterocycles. The fourth-order valence-electron chi connectivity index (χ4n) is 3.26. The van der Waals surface area contributed by atoms with Crippen LogP contribution in [-0.4, -0.2) is 28.6 Å². The molecule has 1 heterocycles. The van der Waals surface area contributed by atoms with Crippen LogP contribution in [0.2, 0.25) is 10.0 Å². The first-order valence-electron chi connectivity index (χ1n) is 7.98. The lowest BCUT2D eigenvalue weighted by molar-refractivity contribution is -0.146. The molecule has 1 fully saturated rings. The highest BCUT2D eigenvalue weighted by atomic mass is 35.5. The van der Waals surface area contributed by atoms with E-state index in [0.29, 0.717) is 16.5 Å². The molecule has 1 aliphatic heterocycles. The fraction of sp³-hybridized carbons (Fsp3) is 0.588. The Bertz CT molecular complexity index is 521. The molecule has 122 valence electrons. The lowest BCUT2D eigenvalue weighted by Crippen LogP contribution is -2.46. The van der Waals surface area contributed by atoms with Crippen molar-refractivity contribution in [3.8, 4) is 0 Å². The van der Waals surface area contributed by atoms with Gasteiger partial charge in [-0.25, -0.2) is 0 Å². The summed E-state index contributed by atoms with van der Waals surface area (Å²) in [6.45, 7) is 2.95. The van der Waals surface area contributed by atoms with Crippen LogP contribution in [0.3, 0.4) is 0 Å². The van der Waals surface area contributed by atoms with Gasteiger partial charge in [-0.05, 0) is 43.5 Å². The van der Waals surface area contributed by atoms with Gasteiger partial charge in [-0.15, -0.1) is 0 Å². The lowest BCUT2D eigenvalue weighted by Gasteiger charge is -2.39. The summed E-state index contributed by atoms with van der Waals surface area (Å²) in [5, 5.41) is 10.8. The Balaban J connectivity index is 2.33. The number of benzene rings is 1. The number of rotatable bonds is 6. The van der Waals surface area contributed by atoms with Crippen LogP contribution in [0.15, 0.2) is 18.2 Å². The van der Waals surface area contributed by atoms with E-state index in [2.05, 4.69) is 11.8 Å². The summed E-state index contributed by atoms with van der Waals surface area (Å²) in [5.41, 5.74) is 0.993. The Hall–Kier alpha value is -0.770. The average molecular weight is 344 g/mol. The van der Waals surface area contributed by atoms with Crippen LogP contribution in [-0.2, 0) is 4.79 Å². The lowest BCUT2D eigenvalue weighted by atomic mass is 9.93. The second kappa shape index (κ2) is 8.19. The average Bonchev–Trinajstić information content (AvgIpc) is 2.49. The number of carboxylic acids is 1. The molecule has 2 atom stereocenters. The van der Waals surface area contributed by atoms with Gasteiger partial charge in [-0.3, -0.25) is 9.69 Å². The summed E-state index contributed by atoms with van der Waals surface area (Å²) in [7, 11) is 0. The van der Waals surface area contributed by atoms with E-state index < -0.39 is 12.0 Å². The molecule has 1 saturated heterocycles. The zero-order valence-electron chi connectivity index (χ0n) is 12.9. The molecule has 0 amide bonds. The number of likely N-dealkylation sites (tertiary alicyclic amines) is 1. The summed E-state index contributed by atoms with van der Waals surface area (Å²) in [6, 6.07) is 5.16. The van der Waals surface area contributed by atoms with E-state index in [4.69, 9.17) is 23.2 Å². The highest BCUT2D eigenvalue weighted by molar-refractivity contribution is 6.35. The van der Waals surface area contributed by atoms with Gasteiger partial charge in [-0.1, -0.05) is 55.5 Å². The van der Waals surface area contributed by atoms with Crippen molar-refractivity contribution >= 4 is 29.2 Å². The van der Waals surface area contributed by atoms with Gasteiger partial charge >= 0.3 is 5.97 Å². The third-order valence-electron chi connectivity index (χ3n) is 4.38. The topological polar surface area (TPSA) is 40.5 Å². The van der Waals surface area contributed by atoms with Gasteiger partial charge in [0, 0.05) is 16.1 Å². The number of carbonyl (C=O) groups is 1. The SMILES string of the molecule is CCCCC(c1ccc(Cl)cc1Cl)N1CCCCC1C(=O)O. The molecule has 2 unspecified atom stereocenters. The standard InChI is InChI=1S/C17H23Cl2NO2/c1-2-3-6-15(13-9-8-12(18)11-14(13)19)20-10-5-4-7-16(20)17(21)22/h8-9,11,15-16H,2-7,10H2,1H3,(H,21,22). The van der Waals surface area contributed by atoms with Gasteiger partial charge in [-0.2, -0.15) is 0 Å². The van der Waals surface area contributed by atoms with Crippen LogP contribution in [0.5, 0.6) is 0 Å². The third-order valence-corrected chi connectivity index (χ3v) is 4.94. The molecule has 1 aromatic carbocycles. The van der Waals surface area contributed by atoms with E-state index in [1.165, 1.54) is 0 Å². The van der Waals surface area contributed by atoms with Crippen molar-refractivity contribution in [1.82, 2.24) is 4.90 Å². The number of carboxylic acid groups (broad SMARTS) is 1. The van der Waals surface area contributed by atoms with Gasteiger partial charge in [0.05, 0.1) is 0 Å². The van der Waals surface area contributed by atoms with E-state index in [1.807, 2.05) is 12.1 Å². The Labute approximate surface area is 142 Å². The molecule has 0 radical (unpaired) electrons. The van der Waals surface area contributed by atoms with Crippen molar-refractivity contribution in [1.29, 1.82) is 0 Å². The molecular weight excluding hydrogens is 321 g/mol. The minimum atomic E-state index is -0.730. The van der Waals surface area contributed by atoms with Crippen molar-refractivity contribution < 1.29 is 9.90 Å². The van der Waals surface area contributed by atoms with Crippen LogP contribution in [0.1, 0.15) is 57.1 Å². The van der Waals surface area contributed by atoms with Crippen LogP contribution < -0.4 is 0 Å². The van der Waals surface area contributed by atoms with Crippen LogP contribution in [0.25, 0.3) is 0 Å². The van der Waals surface area contributed by atoms with Crippen LogP contribution in [0.4, 0.5) is 0 Å². The maximum Gasteiger partial charge on any atom is 0.320 e. The summed E-state index contributed by atoms with van der Waals surface area (Å²) >= 11 is 12.4. The van der Waals surface area contributed by atoms with Gasteiger partial charge in [0.1, 0.15) is 6.04 Å². The quantitative estimate of drug-likeness (QED) is 0.774. The molecule has 3 nitrogen and oxygen atoms in total. The molecule has 1 aromatic rings. The Morgan fingerprint density at radius 2 is 2.18 bits per heavy atom. The van der Waals surface area contributed by atoms with E-state index in [0.717, 1.165) is 44.2 Å². The minimum Gasteiger partial charge on any atom is -0.480 e. The van der Waals surface area contributed by atoms with Gasteiger partial charge in [0.2, 0.25) is 0 Å². The Morgan fingerprint density at radius 1 is 1.41 bits per heavy atom. The molecule has 0 spiro atoms. The predicted octanol–water partition coefficient (Wildman–Crippen LogP) is 5.16. The highest BCUT2D eigenvalue weighted by Gasteiger charge is 2.34. The number of halogens is 2. The highest BCUT2D eigenvalue weighted by Crippen LogP contribution is 2.36. The van der Waals surface area contributed by atoms with Crippen LogP contribution >= 0.6 is 23.2 Å². The van der Waals surface area contributed by atoms with Crippen molar-refractivity contribution in [2.75, 3.05) is 6.54 Å². The normalized spacial score (nSPS) is 20.8. The summed E-state index contributed by atoms with van der Waals surface area (Å²) in [5.74, 6) is -0.730. The number of piperidine rings is 1. The van der Waals surface area contributed by atoms with E-state index in [9.17, 15) is 9.90 Å². The Morgan fingerprint density at radius 3 is 2.82 bits per heavy atom. The van der Waals surface area contributed by atoms with Gasteiger partial charge < -0.3 is 5.11 Å².